The van der Waals surface area contributed by atoms with E-state index in [1.165, 1.54) is 37.3 Å². The van der Waals surface area contributed by atoms with Gasteiger partial charge in [-0.2, -0.15) is 0 Å². The molecular weight excluding hydrogens is 328 g/mol. The minimum atomic E-state index is 0.709. The first-order valence-corrected chi connectivity index (χ1v) is 9.23. The third-order valence-corrected chi connectivity index (χ3v) is 5.19. The summed E-state index contributed by atoms with van der Waals surface area (Å²) in [6.07, 6.45) is 0. The van der Waals surface area contributed by atoms with Gasteiger partial charge in [-0.15, -0.1) is 0 Å². The molecule has 0 aromatic heterocycles. The van der Waals surface area contributed by atoms with Crippen LogP contribution >= 0.6 is 0 Å². The molecule has 1 saturated heterocycles. The van der Waals surface area contributed by atoms with E-state index in [0.29, 0.717) is 5.75 Å². The Balaban J connectivity index is 1.60. The normalized spacial score (nSPS) is 19.8. The topological polar surface area (TPSA) is 36.6 Å². The van der Waals surface area contributed by atoms with Crippen LogP contribution in [0.4, 0.5) is 0 Å². The third kappa shape index (κ3) is 4.48. The zero-order chi connectivity index (χ0) is 18.4. The zero-order valence-corrected chi connectivity index (χ0v) is 16.0. The van der Waals surface area contributed by atoms with Crippen molar-refractivity contribution >= 4 is 0 Å². The number of methoxy groups -OCH3 is 3. The molecule has 1 aliphatic rings. The molecule has 1 aliphatic heterocycles. The second kappa shape index (κ2) is 8.92. The highest BCUT2D eigenvalue weighted by molar-refractivity contribution is 5.50. The molecule has 1 fully saturated rings. The number of hydrogen-bond donors (Lipinski definition) is 2. The van der Waals surface area contributed by atoms with E-state index in [4.69, 9.17) is 14.2 Å². The summed E-state index contributed by atoms with van der Waals surface area (Å²) in [7, 11) is 5.03. The minimum Gasteiger partial charge on any atom is -0.496 e. The van der Waals surface area contributed by atoms with Crippen LogP contribution < -0.4 is 24.0 Å². The van der Waals surface area contributed by atoms with Gasteiger partial charge in [-0.05, 0) is 6.07 Å². The Labute approximate surface area is 156 Å². The average Bonchev–Trinajstić information content (AvgIpc) is 2.70. The van der Waals surface area contributed by atoms with E-state index >= 15 is 0 Å². The maximum absolute atomic E-state index is 5.57. The monoisotopic (exact) mass is 358 g/mol. The van der Waals surface area contributed by atoms with Crippen LogP contribution in [0.15, 0.2) is 42.5 Å². The summed E-state index contributed by atoms with van der Waals surface area (Å²) >= 11 is 0. The average molecular weight is 358 g/mol. The molecule has 26 heavy (non-hydrogen) atoms. The summed E-state index contributed by atoms with van der Waals surface area (Å²) in [5.41, 5.74) is 2.60. The summed E-state index contributed by atoms with van der Waals surface area (Å²) in [4.78, 5) is 3.26. The molecule has 0 amide bonds. The number of hydrogen-bond acceptors (Lipinski definition) is 3. The van der Waals surface area contributed by atoms with Crippen molar-refractivity contribution in [3.8, 4) is 17.2 Å². The van der Waals surface area contributed by atoms with Crippen molar-refractivity contribution in [1.82, 2.24) is 0 Å². The molecule has 2 N–H and O–H groups in total. The lowest BCUT2D eigenvalue weighted by Gasteiger charge is -2.30. The molecule has 2 aromatic carbocycles. The van der Waals surface area contributed by atoms with E-state index in [1.807, 2.05) is 12.1 Å². The fourth-order valence-electron chi connectivity index (χ4n) is 3.70. The fraction of sp³-hybridized carbons (Fsp3) is 0.429. The van der Waals surface area contributed by atoms with Crippen molar-refractivity contribution in [3.05, 3.63) is 53.6 Å². The summed E-state index contributed by atoms with van der Waals surface area (Å²) in [6, 6.07) is 14.7. The van der Waals surface area contributed by atoms with Crippen LogP contribution in [0.25, 0.3) is 0 Å². The van der Waals surface area contributed by atoms with Crippen LogP contribution in [0.2, 0.25) is 0 Å². The van der Waals surface area contributed by atoms with Gasteiger partial charge in [0.1, 0.15) is 45.0 Å². The Hall–Kier alpha value is -2.24. The molecule has 0 saturated carbocycles. The molecule has 3 rings (SSSR count). The summed E-state index contributed by atoms with van der Waals surface area (Å²) in [5.74, 6) is 2.34. The Kier molecular flexibility index (Phi) is 6.36. The van der Waals surface area contributed by atoms with Gasteiger partial charge in [-0.1, -0.05) is 30.3 Å². The quantitative estimate of drug-likeness (QED) is 0.742. The Morgan fingerprint density at radius 2 is 1.23 bits per heavy atom. The standard InChI is InChI=1S/C21H28N2O3/c1-24-19-14-21(26-3)20(25-2)13-18(19)16-23-11-9-22(10-12-23)15-17-7-5-4-6-8-17/h4-8,13-14H,9-12,15-16H2,1-3H3/p+2. The molecule has 140 valence electrons. The predicted octanol–water partition coefficient (Wildman–Crippen LogP) is 0.196. The first-order valence-electron chi connectivity index (χ1n) is 9.23. The lowest BCUT2D eigenvalue weighted by molar-refractivity contribution is -1.02. The van der Waals surface area contributed by atoms with Crippen molar-refractivity contribution in [1.29, 1.82) is 0 Å². The highest BCUT2D eigenvalue weighted by atomic mass is 16.5. The SMILES string of the molecule is COc1cc(OC)c(OC)cc1C[NH+]1CC[NH+](Cc2ccccc2)CC1. The molecule has 0 atom stereocenters. The first kappa shape index (κ1) is 18.5. The molecule has 0 spiro atoms. The predicted molar refractivity (Wildman–Crippen MR) is 101 cm³/mol. The maximum atomic E-state index is 5.57. The van der Waals surface area contributed by atoms with Gasteiger partial charge in [0.15, 0.2) is 11.5 Å². The lowest BCUT2D eigenvalue weighted by Crippen LogP contribution is -3.27. The van der Waals surface area contributed by atoms with E-state index in [0.717, 1.165) is 24.6 Å². The molecule has 1 heterocycles. The van der Waals surface area contributed by atoms with Crippen molar-refractivity contribution in [2.75, 3.05) is 47.5 Å². The van der Waals surface area contributed by atoms with Gasteiger partial charge in [0.2, 0.25) is 0 Å². The van der Waals surface area contributed by atoms with Gasteiger partial charge in [-0.25, -0.2) is 0 Å². The number of piperazine rings is 1. The molecule has 5 heteroatoms. The van der Waals surface area contributed by atoms with Gasteiger partial charge >= 0.3 is 0 Å². The van der Waals surface area contributed by atoms with E-state index < -0.39 is 0 Å². The number of ether oxygens (including phenoxy) is 3. The lowest BCUT2D eigenvalue weighted by atomic mass is 10.1. The van der Waals surface area contributed by atoms with Gasteiger partial charge in [-0.3, -0.25) is 0 Å². The molecule has 2 aromatic rings. The minimum absolute atomic E-state index is 0.709. The molecular formula is C21H30N2O3+2. The van der Waals surface area contributed by atoms with Crippen LogP contribution in [-0.2, 0) is 13.1 Å². The summed E-state index contributed by atoms with van der Waals surface area (Å²) in [6.45, 7) is 6.79. The van der Waals surface area contributed by atoms with Crippen LogP contribution in [0.5, 0.6) is 17.2 Å². The third-order valence-electron chi connectivity index (χ3n) is 5.19. The highest BCUT2D eigenvalue weighted by Gasteiger charge is 2.25. The van der Waals surface area contributed by atoms with Crippen LogP contribution in [0, 0.1) is 0 Å². The summed E-state index contributed by atoms with van der Waals surface area (Å²) in [5, 5.41) is 0. The van der Waals surface area contributed by atoms with Gasteiger partial charge in [0, 0.05) is 11.6 Å². The van der Waals surface area contributed by atoms with E-state index in [9.17, 15) is 0 Å². The molecule has 0 bridgehead atoms. The fourth-order valence-corrected chi connectivity index (χ4v) is 3.70. The Bertz CT molecular complexity index is 698. The van der Waals surface area contributed by atoms with Crippen LogP contribution in [-0.4, -0.2) is 47.5 Å². The number of nitrogens with one attached hydrogen (secondary N) is 2. The van der Waals surface area contributed by atoms with Crippen molar-refractivity contribution in [3.63, 3.8) is 0 Å². The van der Waals surface area contributed by atoms with Crippen molar-refractivity contribution in [2.24, 2.45) is 0 Å². The van der Waals surface area contributed by atoms with Crippen molar-refractivity contribution in [2.45, 2.75) is 13.1 Å². The van der Waals surface area contributed by atoms with Crippen LogP contribution in [0.3, 0.4) is 0 Å². The number of quaternary nitrogens is 2. The Morgan fingerprint density at radius 3 is 1.81 bits per heavy atom. The van der Waals surface area contributed by atoms with E-state index in [2.05, 4.69) is 30.3 Å². The molecule has 0 radical (unpaired) electrons. The first-order chi connectivity index (χ1) is 12.7. The Morgan fingerprint density at radius 1 is 0.692 bits per heavy atom. The van der Waals surface area contributed by atoms with Gasteiger partial charge in [0.05, 0.1) is 26.9 Å². The van der Waals surface area contributed by atoms with Crippen molar-refractivity contribution < 1.29 is 24.0 Å². The number of benzene rings is 2. The molecule has 0 unspecified atom stereocenters. The smallest absolute Gasteiger partial charge is 0.164 e. The second-order valence-corrected chi connectivity index (χ2v) is 6.86. The zero-order valence-electron chi connectivity index (χ0n) is 16.0. The largest absolute Gasteiger partial charge is 0.496 e. The highest BCUT2D eigenvalue weighted by Crippen LogP contribution is 2.34. The van der Waals surface area contributed by atoms with E-state index in [-0.39, 0.29) is 0 Å². The van der Waals surface area contributed by atoms with Gasteiger partial charge < -0.3 is 24.0 Å². The summed E-state index contributed by atoms with van der Waals surface area (Å²) < 4.78 is 16.4. The molecule has 5 nitrogen and oxygen atoms in total. The second-order valence-electron chi connectivity index (χ2n) is 6.86. The van der Waals surface area contributed by atoms with Crippen LogP contribution in [0.1, 0.15) is 11.1 Å². The molecule has 0 aliphatic carbocycles. The maximum Gasteiger partial charge on any atom is 0.164 e. The van der Waals surface area contributed by atoms with E-state index in [1.54, 1.807) is 31.1 Å². The number of rotatable bonds is 7. The van der Waals surface area contributed by atoms with Gasteiger partial charge in [0.25, 0.3) is 0 Å².